The molecule has 0 amide bonds. The molecule has 6 nitrogen and oxygen atoms in total. The van der Waals surface area contributed by atoms with Crippen LogP contribution in [-0.2, 0) is 16.1 Å². The minimum atomic E-state index is -0.102. The van der Waals surface area contributed by atoms with Crippen molar-refractivity contribution in [1.29, 1.82) is 0 Å². The van der Waals surface area contributed by atoms with Crippen molar-refractivity contribution in [3.05, 3.63) is 60.2 Å². The lowest BCUT2D eigenvalue weighted by molar-refractivity contribution is -0.141. The molecule has 2 fully saturated rings. The standard InChI is InChI=1S/C27H37N3O3/c1-32-26-11-7-6-10-25(26)30-18-16-29(17-19-30)24-14-15-28(20-22-8-4-3-5-9-22)21-23(24)12-13-27(31)33-2/h3-11,23-24H,12-21H2,1-2H3. The number of carbonyl (C=O) groups is 1. The lowest BCUT2D eigenvalue weighted by atomic mass is 9.86. The Kier molecular flexibility index (Phi) is 8.24. The van der Waals surface area contributed by atoms with Crippen LogP contribution in [0.15, 0.2) is 54.6 Å². The van der Waals surface area contributed by atoms with Gasteiger partial charge < -0.3 is 14.4 Å². The molecular formula is C27H37N3O3. The van der Waals surface area contributed by atoms with Crippen molar-refractivity contribution >= 4 is 11.7 Å². The van der Waals surface area contributed by atoms with E-state index >= 15 is 0 Å². The summed E-state index contributed by atoms with van der Waals surface area (Å²) in [6.45, 7) is 7.17. The van der Waals surface area contributed by atoms with Gasteiger partial charge in [-0.05, 0) is 43.0 Å². The highest BCUT2D eigenvalue weighted by Gasteiger charge is 2.35. The monoisotopic (exact) mass is 451 g/mol. The number of benzene rings is 2. The summed E-state index contributed by atoms with van der Waals surface area (Å²) in [5, 5.41) is 0. The first-order valence-corrected chi connectivity index (χ1v) is 12.1. The second-order valence-electron chi connectivity index (χ2n) is 9.15. The zero-order valence-electron chi connectivity index (χ0n) is 20.0. The summed E-state index contributed by atoms with van der Waals surface area (Å²) in [7, 11) is 3.23. The fourth-order valence-corrected chi connectivity index (χ4v) is 5.44. The first-order chi connectivity index (χ1) is 16.2. The first-order valence-electron chi connectivity index (χ1n) is 12.1. The SMILES string of the molecule is COC(=O)CCC1CN(Cc2ccccc2)CCC1N1CCN(c2ccccc2OC)CC1. The molecule has 33 heavy (non-hydrogen) atoms. The Morgan fingerprint density at radius 2 is 1.67 bits per heavy atom. The average Bonchev–Trinajstić information content (AvgIpc) is 2.88. The molecule has 0 radical (unpaired) electrons. The number of rotatable bonds is 8. The predicted molar refractivity (Wildman–Crippen MR) is 132 cm³/mol. The van der Waals surface area contributed by atoms with Crippen molar-refractivity contribution in [2.45, 2.75) is 31.8 Å². The van der Waals surface area contributed by atoms with E-state index in [4.69, 9.17) is 9.47 Å². The van der Waals surface area contributed by atoms with Gasteiger partial charge in [0.1, 0.15) is 5.75 Å². The van der Waals surface area contributed by atoms with Gasteiger partial charge in [-0.15, -0.1) is 0 Å². The molecule has 2 heterocycles. The van der Waals surface area contributed by atoms with E-state index in [0.717, 1.165) is 64.4 Å². The fraction of sp³-hybridized carbons (Fsp3) is 0.519. The molecule has 2 atom stereocenters. The van der Waals surface area contributed by atoms with Gasteiger partial charge in [0.2, 0.25) is 0 Å². The molecule has 2 aliphatic rings. The van der Waals surface area contributed by atoms with Gasteiger partial charge in [0.05, 0.1) is 19.9 Å². The van der Waals surface area contributed by atoms with Gasteiger partial charge in [0.25, 0.3) is 0 Å². The molecule has 6 heteroatoms. The summed E-state index contributed by atoms with van der Waals surface area (Å²) >= 11 is 0. The Bertz CT molecular complexity index is 883. The number of esters is 1. The number of methoxy groups -OCH3 is 2. The van der Waals surface area contributed by atoms with Crippen LogP contribution in [0.5, 0.6) is 5.75 Å². The molecule has 0 bridgehead atoms. The third-order valence-electron chi connectivity index (χ3n) is 7.18. The third kappa shape index (κ3) is 6.06. The molecule has 2 aromatic rings. The molecule has 0 aromatic heterocycles. The van der Waals surface area contributed by atoms with Crippen molar-refractivity contribution in [1.82, 2.24) is 9.80 Å². The molecule has 0 aliphatic carbocycles. The highest BCUT2D eigenvalue weighted by molar-refractivity contribution is 5.69. The molecule has 178 valence electrons. The van der Waals surface area contributed by atoms with E-state index in [1.165, 1.54) is 18.4 Å². The highest BCUT2D eigenvalue weighted by Crippen LogP contribution is 2.31. The van der Waals surface area contributed by atoms with Crippen LogP contribution in [0.25, 0.3) is 0 Å². The number of hydrogen-bond acceptors (Lipinski definition) is 6. The molecule has 2 saturated heterocycles. The Balaban J connectivity index is 1.39. The number of piperazine rings is 1. The van der Waals surface area contributed by atoms with Gasteiger partial charge >= 0.3 is 5.97 Å². The number of para-hydroxylation sites is 2. The average molecular weight is 452 g/mol. The largest absolute Gasteiger partial charge is 0.495 e. The number of piperidine rings is 1. The van der Waals surface area contributed by atoms with E-state index in [9.17, 15) is 4.79 Å². The summed E-state index contributed by atoms with van der Waals surface area (Å²) in [5.74, 6) is 1.31. The van der Waals surface area contributed by atoms with Gasteiger partial charge in [0, 0.05) is 51.7 Å². The summed E-state index contributed by atoms with van der Waals surface area (Å²) in [5.41, 5.74) is 2.53. The minimum Gasteiger partial charge on any atom is -0.495 e. The van der Waals surface area contributed by atoms with Crippen molar-refractivity contribution in [3.8, 4) is 5.75 Å². The van der Waals surface area contributed by atoms with E-state index < -0.39 is 0 Å². The molecule has 2 unspecified atom stereocenters. The first kappa shape index (κ1) is 23.6. The summed E-state index contributed by atoms with van der Waals surface area (Å²) in [6, 6.07) is 19.5. The lowest BCUT2D eigenvalue weighted by Gasteiger charge is -2.47. The highest BCUT2D eigenvalue weighted by atomic mass is 16.5. The predicted octanol–water partition coefficient (Wildman–Crippen LogP) is 3.66. The van der Waals surface area contributed by atoms with Crippen LogP contribution in [0.1, 0.15) is 24.8 Å². The van der Waals surface area contributed by atoms with E-state index in [1.807, 2.05) is 12.1 Å². The quantitative estimate of drug-likeness (QED) is 0.571. The molecule has 0 saturated carbocycles. The maximum Gasteiger partial charge on any atom is 0.305 e. The number of carbonyl (C=O) groups excluding carboxylic acids is 1. The Hall–Kier alpha value is -2.57. The maximum atomic E-state index is 11.9. The molecule has 0 spiro atoms. The summed E-state index contributed by atoms with van der Waals surface area (Å²) in [6.07, 6.45) is 2.53. The maximum absolute atomic E-state index is 11.9. The zero-order chi connectivity index (χ0) is 23.0. The normalized spacial score (nSPS) is 22.2. The van der Waals surface area contributed by atoms with Crippen molar-refractivity contribution in [3.63, 3.8) is 0 Å². The molecule has 2 aliphatic heterocycles. The Labute approximate surface area is 198 Å². The topological polar surface area (TPSA) is 45.2 Å². The second kappa shape index (κ2) is 11.5. The lowest BCUT2D eigenvalue weighted by Crippen LogP contribution is -2.56. The van der Waals surface area contributed by atoms with Gasteiger partial charge in [-0.1, -0.05) is 42.5 Å². The molecule has 2 aromatic carbocycles. The summed E-state index contributed by atoms with van der Waals surface area (Å²) in [4.78, 5) is 19.6. The second-order valence-corrected chi connectivity index (χ2v) is 9.15. The van der Waals surface area contributed by atoms with Crippen LogP contribution >= 0.6 is 0 Å². The number of nitrogens with zero attached hydrogens (tertiary/aromatic N) is 3. The van der Waals surface area contributed by atoms with Gasteiger partial charge in [-0.25, -0.2) is 0 Å². The molecule has 4 rings (SSSR count). The van der Waals surface area contributed by atoms with Gasteiger partial charge in [0.15, 0.2) is 0 Å². The van der Waals surface area contributed by atoms with E-state index in [-0.39, 0.29) is 5.97 Å². The van der Waals surface area contributed by atoms with Crippen LogP contribution in [0, 0.1) is 5.92 Å². The van der Waals surface area contributed by atoms with Crippen LogP contribution in [-0.4, -0.2) is 75.3 Å². The van der Waals surface area contributed by atoms with Crippen LogP contribution in [0.4, 0.5) is 5.69 Å². The van der Waals surface area contributed by atoms with Crippen molar-refractivity contribution in [2.75, 3.05) is 58.4 Å². The van der Waals surface area contributed by atoms with E-state index in [0.29, 0.717) is 18.4 Å². The Morgan fingerprint density at radius 3 is 2.39 bits per heavy atom. The fourth-order valence-electron chi connectivity index (χ4n) is 5.44. The van der Waals surface area contributed by atoms with Crippen LogP contribution < -0.4 is 9.64 Å². The molecule has 0 N–H and O–H groups in total. The number of anilines is 1. The van der Waals surface area contributed by atoms with Crippen LogP contribution in [0.2, 0.25) is 0 Å². The van der Waals surface area contributed by atoms with E-state index in [2.05, 4.69) is 57.2 Å². The molecular weight excluding hydrogens is 414 g/mol. The Morgan fingerprint density at radius 1 is 0.939 bits per heavy atom. The number of ether oxygens (including phenoxy) is 2. The van der Waals surface area contributed by atoms with Crippen molar-refractivity contribution < 1.29 is 14.3 Å². The summed E-state index contributed by atoms with van der Waals surface area (Å²) < 4.78 is 10.5. The minimum absolute atomic E-state index is 0.102. The van der Waals surface area contributed by atoms with Crippen LogP contribution in [0.3, 0.4) is 0 Å². The van der Waals surface area contributed by atoms with Gasteiger partial charge in [-0.2, -0.15) is 0 Å². The number of hydrogen-bond donors (Lipinski definition) is 0. The third-order valence-corrected chi connectivity index (χ3v) is 7.18. The smallest absolute Gasteiger partial charge is 0.305 e. The van der Waals surface area contributed by atoms with Crippen molar-refractivity contribution in [2.24, 2.45) is 5.92 Å². The zero-order valence-corrected chi connectivity index (χ0v) is 20.0. The number of likely N-dealkylation sites (tertiary alicyclic amines) is 1. The van der Waals surface area contributed by atoms with E-state index in [1.54, 1.807) is 7.11 Å². The van der Waals surface area contributed by atoms with Gasteiger partial charge in [-0.3, -0.25) is 14.6 Å².